The minimum Gasteiger partial charge on any atom is -0.378 e. The summed E-state index contributed by atoms with van der Waals surface area (Å²) in [6, 6.07) is 0. The van der Waals surface area contributed by atoms with Crippen molar-refractivity contribution in [3.05, 3.63) is 0 Å². The number of aliphatic hydroxyl groups excluding tert-OH is 1. The minimum atomic E-state index is -0.280. The Morgan fingerprint density at radius 1 is 1.50 bits per heavy atom. The van der Waals surface area contributed by atoms with Gasteiger partial charge in [-0.3, -0.25) is 4.90 Å². The number of likely N-dealkylation sites (tertiary alicyclic amines) is 1. The van der Waals surface area contributed by atoms with Crippen LogP contribution in [0.2, 0.25) is 0 Å². The fourth-order valence-electron chi connectivity index (χ4n) is 1.58. The molecule has 0 saturated carbocycles. The van der Waals surface area contributed by atoms with Crippen LogP contribution in [0.25, 0.3) is 0 Å². The number of fused-ring (bicyclic) bond motifs is 1. The average Bonchev–Trinajstić information content (AvgIpc) is 2.64. The number of ether oxygens (including phenoxy) is 1. The predicted molar refractivity (Wildman–Crippen MR) is 36.3 cm³/mol. The molecule has 3 unspecified atom stereocenters. The zero-order chi connectivity index (χ0) is 7.14. The zero-order valence-corrected chi connectivity index (χ0v) is 6.16. The highest BCUT2D eigenvalue weighted by Gasteiger charge is 2.45. The van der Waals surface area contributed by atoms with Gasteiger partial charge in [-0.15, -0.1) is 0 Å². The second-order valence-electron chi connectivity index (χ2n) is 3.14. The number of epoxide rings is 1. The van der Waals surface area contributed by atoms with Gasteiger partial charge < -0.3 is 9.84 Å². The Hall–Kier alpha value is -0.120. The van der Waals surface area contributed by atoms with E-state index in [-0.39, 0.29) is 12.5 Å². The van der Waals surface area contributed by atoms with Gasteiger partial charge in [0.2, 0.25) is 0 Å². The number of nitrogens with zero attached hydrogens (tertiary/aromatic N) is 1. The summed E-state index contributed by atoms with van der Waals surface area (Å²) in [5.41, 5.74) is 0. The molecule has 2 fully saturated rings. The first-order valence-electron chi connectivity index (χ1n) is 3.84. The van der Waals surface area contributed by atoms with Crippen molar-refractivity contribution in [1.82, 2.24) is 4.90 Å². The van der Waals surface area contributed by atoms with E-state index in [0.717, 1.165) is 19.3 Å². The summed E-state index contributed by atoms with van der Waals surface area (Å²) in [5.74, 6) is 0. The maximum atomic E-state index is 9.40. The highest BCUT2D eigenvalue weighted by Crippen LogP contribution is 2.34. The average molecular weight is 143 g/mol. The number of hydrogen-bond acceptors (Lipinski definition) is 3. The van der Waals surface area contributed by atoms with Crippen molar-refractivity contribution in [1.29, 1.82) is 0 Å². The highest BCUT2D eigenvalue weighted by atomic mass is 16.6. The third-order valence-electron chi connectivity index (χ3n) is 2.38. The minimum absolute atomic E-state index is 0.220. The lowest BCUT2D eigenvalue weighted by Crippen LogP contribution is -2.33. The van der Waals surface area contributed by atoms with E-state index >= 15 is 0 Å². The summed E-state index contributed by atoms with van der Waals surface area (Å²) in [5, 5.41) is 9.40. The maximum absolute atomic E-state index is 9.40. The van der Waals surface area contributed by atoms with Gasteiger partial charge in [0.15, 0.2) is 0 Å². The lowest BCUT2D eigenvalue weighted by molar-refractivity contribution is -0.0118. The third kappa shape index (κ3) is 0.944. The van der Waals surface area contributed by atoms with Crippen LogP contribution in [0.3, 0.4) is 0 Å². The van der Waals surface area contributed by atoms with E-state index in [4.69, 9.17) is 4.74 Å². The molecule has 1 N–H and O–H groups in total. The van der Waals surface area contributed by atoms with Crippen LogP contribution in [0, 0.1) is 0 Å². The highest BCUT2D eigenvalue weighted by molar-refractivity contribution is 4.87. The van der Waals surface area contributed by atoms with Crippen molar-refractivity contribution in [2.45, 2.75) is 37.8 Å². The number of aliphatic hydroxyl groups is 1. The molecule has 0 amide bonds. The molecule has 0 aromatic rings. The molecule has 2 rings (SSSR count). The van der Waals surface area contributed by atoms with Crippen molar-refractivity contribution in [2.24, 2.45) is 0 Å². The Morgan fingerprint density at radius 2 is 2.30 bits per heavy atom. The van der Waals surface area contributed by atoms with Gasteiger partial charge >= 0.3 is 0 Å². The molecule has 58 valence electrons. The molecule has 3 heteroatoms. The second-order valence-corrected chi connectivity index (χ2v) is 3.14. The molecule has 2 saturated heterocycles. The van der Waals surface area contributed by atoms with Crippen molar-refractivity contribution < 1.29 is 9.84 Å². The molecule has 0 radical (unpaired) electrons. The summed E-state index contributed by atoms with van der Waals surface area (Å²) in [6.45, 7) is 0. The van der Waals surface area contributed by atoms with Gasteiger partial charge in [0.05, 0.1) is 6.10 Å². The third-order valence-corrected chi connectivity index (χ3v) is 2.38. The van der Waals surface area contributed by atoms with Gasteiger partial charge in [-0.2, -0.15) is 0 Å². The second kappa shape index (κ2) is 2.19. The molecule has 0 aliphatic carbocycles. The Kier molecular flexibility index (Phi) is 1.44. The molecule has 10 heavy (non-hydrogen) atoms. The lowest BCUT2D eigenvalue weighted by Gasteiger charge is -2.19. The normalized spacial score (nSPS) is 48.0. The molecule has 3 nitrogen and oxygen atoms in total. The van der Waals surface area contributed by atoms with Gasteiger partial charge in [-0.05, 0) is 26.3 Å². The smallest absolute Gasteiger partial charge is 0.139 e. The standard InChI is InChI=1S/C7H13NO2/c1-8-6(9)4-2-3-5-7(8)10-5/h5-7,9H,2-4H2,1H3. The molecule has 2 aliphatic heterocycles. The molecule has 0 spiro atoms. The SMILES string of the molecule is CN1C(O)CCCC2OC21. The molecule has 0 bridgehead atoms. The van der Waals surface area contributed by atoms with Crippen LogP contribution in [0.5, 0.6) is 0 Å². The zero-order valence-electron chi connectivity index (χ0n) is 6.16. The van der Waals surface area contributed by atoms with Crippen LogP contribution in [0.15, 0.2) is 0 Å². The van der Waals surface area contributed by atoms with Crippen LogP contribution >= 0.6 is 0 Å². The van der Waals surface area contributed by atoms with Gasteiger partial charge in [-0.1, -0.05) is 0 Å². The van der Waals surface area contributed by atoms with E-state index in [1.165, 1.54) is 0 Å². The Bertz CT molecular complexity index is 138. The lowest BCUT2D eigenvalue weighted by atomic mass is 10.2. The quantitative estimate of drug-likeness (QED) is 0.490. The first-order chi connectivity index (χ1) is 4.79. The summed E-state index contributed by atoms with van der Waals surface area (Å²) in [6.07, 6.45) is 3.46. The van der Waals surface area contributed by atoms with E-state index in [1.807, 2.05) is 11.9 Å². The molecule has 2 heterocycles. The van der Waals surface area contributed by atoms with Crippen molar-refractivity contribution in [3.8, 4) is 0 Å². The van der Waals surface area contributed by atoms with Crippen LogP contribution in [0.1, 0.15) is 19.3 Å². The van der Waals surface area contributed by atoms with Gasteiger partial charge in [0, 0.05) is 0 Å². The van der Waals surface area contributed by atoms with Gasteiger partial charge in [0.25, 0.3) is 0 Å². The molecule has 2 aliphatic rings. The summed E-state index contributed by atoms with van der Waals surface area (Å²) < 4.78 is 5.31. The number of rotatable bonds is 0. The van der Waals surface area contributed by atoms with Crippen LogP contribution in [-0.4, -0.2) is 35.6 Å². The Labute approximate surface area is 60.6 Å². The summed E-state index contributed by atoms with van der Waals surface area (Å²) >= 11 is 0. The first kappa shape index (κ1) is 6.58. The van der Waals surface area contributed by atoms with E-state index < -0.39 is 0 Å². The van der Waals surface area contributed by atoms with E-state index in [9.17, 15) is 5.11 Å². The summed E-state index contributed by atoms with van der Waals surface area (Å²) in [7, 11) is 1.92. The van der Waals surface area contributed by atoms with Crippen molar-refractivity contribution in [2.75, 3.05) is 7.05 Å². The Morgan fingerprint density at radius 3 is 3.10 bits per heavy atom. The topological polar surface area (TPSA) is 36.0 Å². The molecular weight excluding hydrogens is 130 g/mol. The van der Waals surface area contributed by atoms with E-state index in [2.05, 4.69) is 0 Å². The van der Waals surface area contributed by atoms with Crippen molar-refractivity contribution >= 4 is 0 Å². The summed E-state index contributed by atoms with van der Waals surface area (Å²) in [4.78, 5) is 1.91. The first-order valence-corrected chi connectivity index (χ1v) is 3.84. The Balaban J connectivity index is 2.01. The largest absolute Gasteiger partial charge is 0.378 e. The van der Waals surface area contributed by atoms with Crippen LogP contribution in [0.4, 0.5) is 0 Å². The monoisotopic (exact) mass is 143 g/mol. The molecular formula is C7H13NO2. The molecule has 0 aromatic heterocycles. The van der Waals surface area contributed by atoms with Gasteiger partial charge in [0.1, 0.15) is 12.5 Å². The van der Waals surface area contributed by atoms with Crippen LogP contribution in [-0.2, 0) is 4.74 Å². The predicted octanol–water partition coefficient (Wildman–Crippen LogP) is 0.145. The fraction of sp³-hybridized carbons (Fsp3) is 1.00. The van der Waals surface area contributed by atoms with Crippen LogP contribution < -0.4 is 0 Å². The van der Waals surface area contributed by atoms with Gasteiger partial charge in [-0.25, -0.2) is 0 Å². The van der Waals surface area contributed by atoms with Crippen molar-refractivity contribution in [3.63, 3.8) is 0 Å². The number of likely N-dealkylation sites (N-methyl/N-ethyl adjacent to an activating group) is 1. The molecule has 0 aromatic carbocycles. The molecule has 3 atom stereocenters. The maximum Gasteiger partial charge on any atom is 0.139 e. The number of hydrogen-bond donors (Lipinski definition) is 1. The van der Waals surface area contributed by atoms with E-state index in [1.54, 1.807) is 0 Å². The fourth-order valence-corrected chi connectivity index (χ4v) is 1.58. The van der Waals surface area contributed by atoms with E-state index in [0.29, 0.717) is 6.10 Å².